The fourth-order valence-electron chi connectivity index (χ4n) is 2.69. The van der Waals surface area contributed by atoms with Crippen molar-refractivity contribution in [1.29, 1.82) is 0 Å². The van der Waals surface area contributed by atoms with Crippen LogP contribution < -0.4 is 5.32 Å². The number of hydrogen-bond acceptors (Lipinski definition) is 4. The van der Waals surface area contributed by atoms with E-state index in [-0.39, 0.29) is 18.2 Å². The average molecular weight is 317 g/mol. The van der Waals surface area contributed by atoms with Gasteiger partial charge in [0.05, 0.1) is 12.1 Å². The Hall–Kier alpha value is -2.70. The van der Waals surface area contributed by atoms with Gasteiger partial charge in [0.15, 0.2) is 0 Å². The molecule has 1 saturated heterocycles. The molecular formula is C16H16FN3O3. The summed E-state index contributed by atoms with van der Waals surface area (Å²) >= 11 is 0. The van der Waals surface area contributed by atoms with Gasteiger partial charge in [-0.1, -0.05) is 17.3 Å². The number of carbonyl (C=O) groups excluding carboxylic acids is 2. The van der Waals surface area contributed by atoms with E-state index in [2.05, 4.69) is 10.5 Å². The van der Waals surface area contributed by atoms with Crippen molar-refractivity contribution in [2.45, 2.75) is 19.4 Å². The molecule has 0 radical (unpaired) electrons. The lowest BCUT2D eigenvalue weighted by Gasteiger charge is -2.35. The third kappa shape index (κ3) is 3.23. The molecule has 1 aromatic carbocycles. The highest BCUT2D eigenvalue weighted by Gasteiger charge is 2.34. The van der Waals surface area contributed by atoms with Crippen LogP contribution in [0.3, 0.4) is 0 Å². The van der Waals surface area contributed by atoms with Gasteiger partial charge in [0.25, 0.3) is 0 Å². The molecule has 23 heavy (non-hydrogen) atoms. The molecule has 0 aliphatic carbocycles. The molecule has 1 fully saturated rings. The van der Waals surface area contributed by atoms with Crippen molar-refractivity contribution in [1.82, 2.24) is 15.4 Å². The van der Waals surface area contributed by atoms with Gasteiger partial charge in [-0.15, -0.1) is 0 Å². The molecule has 2 aromatic rings. The number of amides is 2. The van der Waals surface area contributed by atoms with Gasteiger partial charge in [0, 0.05) is 19.2 Å². The fraction of sp³-hybridized carbons (Fsp3) is 0.312. The monoisotopic (exact) mass is 317 g/mol. The molecule has 1 aliphatic rings. The Balaban J connectivity index is 1.85. The van der Waals surface area contributed by atoms with Crippen molar-refractivity contribution in [3.05, 3.63) is 53.2 Å². The Bertz CT molecular complexity index is 744. The van der Waals surface area contributed by atoms with Crippen molar-refractivity contribution < 1.29 is 18.5 Å². The lowest BCUT2D eigenvalue weighted by atomic mass is 10.0. The van der Waals surface area contributed by atoms with Crippen LogP contribution in [0.4, 0.5) is 4.39 Å². The van der Waals surface area contributed by atoms with Crippen molar-refractivity contribution in [3.63, 3.8) is 0 Å². The molecule has 6 nitrogen and oxygen atoms in total. The molecule has 0 spiro atoms. The number of carbonyl (C=O) groups is 2. The Morgan fingerprint density at radius 2 is 2.30 bits per heavy atom. The van der Waals surface area contributed by atoms with Gasteiger partial charge in [-0.3, -0.25) is 9.59 Å². The zero-order valence-electron chi connectivity index (χ0n) is 12.6. The van der Waals surface area contributed by atoms with E-state index in [1.54, 1.807) is 19.1 Å². The van der Waals surface area contributed by atoms with Crippen LogP contribution in [-0.2, 0) is 16.0 Å². The van der Waals surface area contributed by atoms with Crippen LogP contribution in [0.1, 0.15) is 23.1 Å². The number of halogens is 1. The van der Waals surface area contributed by atoms with E-state index in [1.165, 1.54) is 23.1 Å². The molecule has 2 amide bonds. The van der Waals surface area contributed by atoms with E-state index in [0.29, 0.717) is 30.1 Å². The molecule has 3 rings (SSSR count). The number of piperazine rings is 1. The lowest BCUT2D eigenvalue weighted by molar-refractivity contribution is -0.143. The number of benzene rings is 1. The van der Waals surface area contributed by atoms with Gasteiger partial charge < -0.3 is 14.7 Å². The number of hydrogen-bond donors (Lipinski definition) is 1. The second-order valence-corrected chi connectivity index (χ2v) is 5.45. The average Bonchev–Trinajstić information content (AvgIpc) is 2.92. The first-order valence-electron chi connectivity index (χ1n) is 7.29. The van der Waals surface area contributed by atoms with Gasteiger partial charge >= 0.3 is 0 Å². The summed E-state index contributed by atoms with van der Waals surface area (Å²) in [5.41, 5.74) is 1.13. The van der Waals surface area contributed by atoms with Crippen LogP contribution in [0.2, 0.25) is 0 Å². The van der Waals surface area contributed by atoms with Gasteiger partial charge in [-0.05, 0) is 24.6 Å². The van der Waals surface area contributed by atoms with Gasteiger partial charge in [0.2, 0.25) is 11.8 Å². The lowest BCUT2D eigenvalue weighted by Crippen LogP contribution is -2.52. The molecule has 120 valence electrons. The van der Waals surface area contributed by atoms with E-state index in [9.17, 15) is 14.0 Å². The summed E-state index contributed by atoms with van der Waals surface area (Å²) in [7, 11) is 0. The van der Waals surface area contributed by atoms with Crippen LogP contribution in [0.25, 0.3) is 0 Å². The predicted molar refractivity (Wildman–Crippen MR) is 78.8 cm³/mol. The molecule has 1 atom stereocenters. The standard InChI is InChI=1S/C16H16FN3O3/c1-10-7-13(23-19-10)9-14(21)20-6-5-18-16(22)15(20)11-3-2-4-12(17)8-11/h2-4,7-8,15H,5-6,9H2,1H3,(H,18,22). The maximum absolute atomic E-state index is 13.5. The van der Waals surface area contributed by atoms with Crippen LogP contribution >= 0.6 is 0 Å². The molecule has 1 aliphatic heterocycles. The van der Waals surface area contributed by atoms with Gasteiger partial charge in [-0.2, -0.15) is 0 Å². The minimum absolute atomic E-state index is 0.0138. The summed E-state index contributed by atoms with van der Waals surface area (Å²) in [6, 6.07) is 6.57. The predicted octanol–water partition coefficient (Wildman–Crippen LogP) is 1.36. The number of rotatable bonds is 3. The van der Waals surface area contributed by atoms with Crippen molar-refractivity contribution in [2.75, 3.05) is 13.1 Å². The fourth-order valence-corrected chi connectivity index (χ4v) is 2.69. The summed E-state index contributed by atoms with van der Waals surface area (Å²) in [6.45, 7) is 2.49. The zero-order valence-corrected chi connectivity index (χ0v) is 12.6. The Morgan fingerprint density at radius 3 is 3.00 bits per heavy atom. The molecule has 0 saturated carbocycles. The van der Waals surface area contributed by atoms with Crippen LogP contribution in [-0.4, -0.2) is 35.0 Å². The van der Waals surface area contributed by atoms with Gasteiger partial charge in [0.1, 0.15) is 17.6 Å². The number of nitrogens with one attached hydrogen (secondary N) is 1. The number of aryl methyl sites for hydroxylation is 1. The Kier molecular flexibility index (Phi) is 4.10. The molecule has 7 heteroatoms. The van der Waals surface area contributed by atoms with Crippen molar-refractivity contribution in [2.24, 2.45) is 0 Å². The first-order chi connectivity index (χ1) is 11.0. The summed E-state index contributed by atoms with van der Waals surface area (Å²) in [6.07, 6.45) is 0.0138. The molecule has 2 heterocycles. The van der Waals surface area contributed by atoms with Crippen molar-refractivity contribution in [3.8, 4) is 0 Å². The van der Waals surface area contributed by atoms with E-state index >= 15 is 0 Å². The highest BCUT2D eigenvalue weighted by atomic mass is 19.1. The largest absolute Gasteiger partial charge is 0.361 e. The first-order valence-corrected chi connectivity index (χ1v) is 7.29. The molecule has 1 N–H and O–H groups in total. The normalized spacial score (nSPS) is 17.9. The van der Waals surface area contributed by atoms with Crippen molar-refractivity contribution >= 4 is 11.8 Å². The van der Waals surface area contributed by atoms with E-state index in [0.717, 1.165) is 0 Å². The van der Waals surface area contributed by atoms with Crippen LogP contribution in [0.15, 0.2) is 34.9 Å². The Labute approximate surface area is 132 Å². The third-order valence-corrected chi connectivity index (χ3v) is 3.70. The molecule has 1 unspecified atom stereocenters. The maximum Gasteiger partial charge on any atom is 0.247 e. The highest BCUT2D eigenvalue weighted by Crippen LogP contribution is 2.25. The number of nitrogens with zero attached hydrogens (tertiary/aromatic N) is 2. The third-order valence-electron chi connectivity index (χ3n) is 3.70. The summed E-state index contributed by atoms with van der Waals surface area (Å²) < 4.78 is 18.5. The van der Waals surface area contributed by atoms with Gasteiger partial charge in [-0.25, -0.2) is 4.39 Å². The van der Waals surface area contributed by atoms with Crippen LogP contribution in [0, 0.1) is 12.7 Å². The van der Waals surface area contributed by atoms with E-state index < -0.39 is 11.9 Å². The summed E-state index contributed by atoms with van der Waals surface area (Å²) in [5, 5.41) is 6.46. The molecular weight excluding hydrogens is 301 g/mol. The quantitative estimate of drug-likeness (QED) is 0.927. The summed E-state index contributed by atoms with van der Waals surface area (Å²) in [5.74, 6) is -0.579. The molecule has 0 bridgehead atoms. The van der Waals surface area contributed by atoms with E-state index in [1.807, 2.05) is 0 Å². The maximum atomic E-state index is 13.5. The highest BCUT2D eigenvalue weighted by molar-refractivity contribution is 5.90. The van der Waals surface area contributed by atoms with E-state index in [4.69, 9.17) is 4.52 Å². The zero-order chi connectivity index (χ0) is 16.4. The first kappa shape index (κ1) is 15.2. The second kappa shape index (κ2) is 6.20. The summed E-state index contributed by atoms with van der Waals surface area (Å²) in [4.78, 5) is 26.2. The SMILES string of the molecule is Cc1cc(CC(=O)N2CCNC(=O)C2c2cccc(F)c2)on1. The molecule has 1 aromatic heterocycles. The number of aromatic nitrogens is 1. The smallest absolute Gasteiger partial charge is 0.247 e. The minimum atomic E-state index is -0.837. The Morgan fingerprint density at radius 1 is 1.48 bits per heavy atom. The van der Waals surface area contributed by atoms with Crippen LogP contribution in [0.5, 0.6) is 0 Å². The second-order valence-electron chi connectivity index (χ2n) is 5.45. The topological polar surface area (TPSA) is 75.4 Å². The minimum Gasteiger partial charge on any atom is -0.361 e.